The molecule has 0 amide bonds. The Bertz CT molecular complexity index is 885. The number of thioether (sulfide) groups is 1. The van der Waals surface area contributed by atoms with E-state index in [1.54, 1.807) is 0 Å². The van der Waals surface area contributed by atoms with Crippen molar-refractivity contribution in [3.8, 4) is 11.5 Å². The van der Waals surface area contributed by atoms with Gasteiger partial charge >= 0.3 is 0 Å². The van der Waals surface area contributed by atoms with Gasteiger partial charge in [-0.25, -0.2) is 0 Å². The standard InChI is InChI=1S/C31H46O2S/c1-30(2,3)26-16-22-14-12-10-9-11-13-15-23-17-27(31(4,5)6)19-25(29(23)33-8)21-34-20-24(18-26)28(22)32-7/h16-19H,9-15,20-21H2,1-8H3. The Labute approximate surface area is 213 Å². The first-order valence-electron chi connectivity index (χ1n) is 13.0. The van der Waals surface area contributed by atoms with Crippen LogP contribution in [0.5, 0.6) is 11.5 Å². The van der Waals surface area contributed by atoms with Crippen molar-refractivity contribution in [2.24, 2.45) is 0 Å². The fraction of sp³-hybridized carbons (Fsp3) is 0.613. The molecular formula is C31H46O2S. The Morgan fingerprint density at radius 1 is 0.559 bits per heavy atom. The van der Waals surface area contributed by atoms with Crippen LogP contribution in [0, 0.1) is 0 Å². The SMILES string of the molecule is COc1c2cc(C(C)(C)C)cc1CSCc1cc(C(C)(C)C)cc(c1OC)CCCCCCC2. The van der Waals surface area contributed by atoms with Gasteiger partial charge < -0.3 is 9.47 Å². The van der Waals surface area contributed by atoms with Crippen LogP contribution in [-0.2, 0) is 35.2 Å². The van der Waals surface area contributed by atoms with Crippen molar-refractivity contribution in [2.45, 2.75) is 109 Å². The molecule has 2 aromatic carbocycles. The lowest BCUT2D eigenvalue weighted by Crippen LogP contribution is -2.13. The average molecular weight is 483 g/mol. The predicted molar refractivity (Wildman–Crippen MR) is 149 cm³/mol. The molecule has 2 aromatic rings. The van der Waals surface area contributed by atoms with Gasteiger partial charge in [0.15, 0.2) is 0 Å². The minimum absolute atomic E-state index is 0.125. The normalized spacial score (nSPS) is 16.2. The zero-order valence-corrected chi connectivity index (χ0v) is 23.7. The molecule has 3 rings (SSSR count). The van der Waals surface area contributed by atoms with Crippen LogP contribution in [-0.4, -0.2) is 14.2 Å². The van der Waals surface area contributed by atoms with Gasteiger partial charge in [-0.1, -0.05) is 85.1 Å². The van der Waals surface area contributed by atoms with E-state index in [0.717, 1.165) is 35.8 Å². The predicted octanol–water partition coefficient (Wildman–Crippen LogP) is 8.78. The van der Waals surface area contributed by atoms with E-state index in [1.807, 2.05) is 26.0 Å². The van der Waals surface area contributed by atoms with E-state index in [1.165, 1.54) is 65.5 Å². The van der Waals surface area contributed by atoms with Crippen molar-refractivity contribution in [1.82, 2.24) is 0 Å². The van der Waals surface area contributed by atoms with Gasteiger partial charge in [0.2, 0.25) is 0 Å². The van der Waals surface area contributed by atoms with Crippen LogP contribution in [0.1, 0.15) is 107 Å². The van der Waals surface area contributed by atoms with Crippen LogP contribution >= 0.6 is 11.8 Å². The van der Waals surface area contributed by atoms with Gasteiger partial charge in [0.1, 0.15) is 11.5 Å². The van der Waals surface area contributed by atoms with Crippen LogP contribution < -0.4 is 9.47 Å². The lowest BCUT2D eigenvalue weighted by Gasteiger charge is -2.25. The van der Waals surface area contributed by atoms with Crippen molar-refractivity contribution < 1.29 is 9.47 Å². The summed E-state index contributed by atoms with van der Waals surface area (Å²) in [4.78, 5) is 0. The second-order valence-corrected chi connectivity index (χ2v) is 12.9. The highest BCUT2D eigenvalue weighted by atomic mass is 32.2. The average Bonchev–Trinajstić information content (AvgIpc) is 2.76. The summed E-state index contributed by atoms with van der Waals surface area (Å²) in [6.07, 6.45) is 8.50. The minimum Gasteiger partial charge on any atom is -0.496 e. The van der Waals surface area contributed by atoms with Gasteiger partial charge in [0.05, 0.1) is 14.2 Å². The van der Waals surface area contributed by atoms with E-state index in [4.69, 9.17) is 9.47 Å². The second-order valence-electron chi connectivity index (χ2n) is 11.9. The molecule has 1 heterocycles. The van der Waals surface area contributed by atoms with Gasteiger partial charge in [-0.3, -0.25) is 0 Å². The highest BCUT2D eigenvalue weighted by Gasteiger charge is 2.22. The van der Waals surface area contributed by atoms with Crippen molar-refractivity contribution >= 4 is 11.8 Å². The first-order chi connectivity index (χ1) is 16.0. The summed E-state index contributed by atoms with van der Waals surface area (Å²) < 4.78 is 12.0. The van der Waals surface area contributed by atoms with Gasteiger partial charge in [0, 0.05) is 22.6 Å². The Morgan fingerprint density at radius 2 is 0.912 bits per heavy atom. The van der Waals surface area contributed by atoms with E-state index < -0.39 is 0 Å². The Balaban J connectivity index is 2.03. The number of fused-ring (bicyclic) bond motifs is 4. The van der Waals surface area contributed by atoms with E-state index in [9.17, 15) is 0 Å². The molecule has 34 heavy (non-hydrogen) atoms. The monoisotopic (exact) mass is 482 g/mol. The zero-order valence-electron chi connectivity index (χ0n) is 22.9. The lowest BCUT2D eigenvalue weighted by molar-refractivity contribution is 0.403. The smallest absolute Gasteiger partial charge is 0.126 e. The van der Waals surface area contributed by atoms with Gasteiger partial charge in [-0.2, -0.15) is 11.8 Å². The van der Waals surface area contributed by atoms with Crippen molar-refractivity contribution in [3.63, 3.8) is 0 Å². The molecule has 0 N–H and O–H groups in total. The zero-order chi connectivity index (χ0) is 24.9. The molecule has 0 spiro atoms. The number of benzene rings is 2. The molecular weight excluding hydrogens is 436 g/mol. The highest BCUT2D eigenvalue weighted by Crippen LogP contribution is 2.38. The van der Waals surface area contributed by atoms with Crippen LogP contribution in [0.3, 0.4) is 0 Å². The summed E-state index contributed by atoms with van der Waals surface area (Å²) in [5, 5.41) is 0. The summed E-state index contributed by atoms with van der Waals surface area (Å²) in [5.74, 6) is 4.09. The summed E-state index contributed by atoms with van der Waals surface area (Å²) in [6, 6.07) is 9.57. The Morgan fingerprint density at radius 3 is 1.26 bits per heavy atom. The number of methoxy groups -OCH3 is 2. The molecule has 1 aliphatic rings. The maximum Gasteiger partial charge on any atom is 0.126 e. The molecule has 1 aliphatic heterocycles. The second kappa shape index (κ2) is 11.4. The first kappa shape index (κ1) is 27.0. The summed E-state index contributed by atoms with van der Waals surface area (Å²) in [5.41, 5.74) is 8.49. The van der Waals surface area contributed by atoms with Crippen molar-refractivity contribution in [2.75, 3.05) is 14.2 Å². The topological polar surface area (TPSA) is 18.5 Å². The van der Waals surface area contributed by atoms with Gasteiger partial charge in [-0.15, -0.1) is 0 Å². The molecule has 0 aromatic heterocycles. The van der Waals surface area contributed by atoms with Crippen LogP contribution in [0.4, 0.5) is 0 Å². The summed E-state index contributed by atoms with van der Waals surface area (Å²) in [7, 11) is 3.68. The van der Waals surface area contributed by atoms with E-state index in [2.05, 4.69) is 65.8 Å². The molecule has 0 unspecified atom stereocenters. The van der Waals surface area contributed by atoms with E-state index in [-0.39, 0.29) is 10.8 Å². The maximum atomic E-state index is 6.00. The van der Waals surface area contributed by atoms with E-state index >= 15 is 0 Å². The fourth-order valence-corrected chi connectivity index (χ4v) is 5.89. The fourth-order valence-electron chi connectivity index (χ4n) is 4.92. The van der Waals surface area contributed by atoms with Crippen LogP contribution in [0.15, 0.2) is 24.3 Å². The third-order valence-electron chi connectivity index (χ3n) is 7.03. The largest absolute Gasteiger partial charge is 0.496 e. The van der Waals surface area contributed by atoms with Gasteiger partial charge in [0.25, 0.3) is 0 Å². The first-order valence-corrected chi connectivity index (χ1v) is 14.2. The number of ether oxygens (including phenoxy) is 2. The van der Waals surface area contributed by atoms with Crippen molar-refractivity contribution in [1.29, 1.82) is 0 Å². The maximum absolute atomic E-state index is 6.00. The molecule has 188 valence electrons. The third kappa shape index (κ3) is 6.74. The highest BCUT2D eigenvalue weighted by molar-refractivity contribution is 7.97. The number of hydrogen-bond donors (Lipinski definition) is 0. The third-order valence-corrected chi connectivity index (χ3v) is 8.06. The summed E-state index contributed by atoms with van der Waals surface area (Å²) >= 11 is 1.97. The molecule has 0 aliphatic carbocycles. The minimum atomic E-state index is 0.125. The molecule has 3 heteroatoms. The van der Waals surface area contributed by atoms with Crippen LogP contribution in [0.25, 0.3) is 0 Å². The molecule has 0 radical (unpaired) electrons. The lowest BCUT2D eigenvalue weighted by atomic mass is 9.84. The van der Waals surface area contributed by atoms with Crippen LogP contribution in [0.2, 0.25) is 0 Å². The summed E-state index contributed by atoms with van der Waals surface area (Å²) in [6.45, 7) is 13.9. The molecule has 4 bridgehead atoms. The molecule has 2 nitrogen and oxygen atoms in total. The van der Waals surface area contributed by atoms with Crippen molar-refractivity contribution in [3.05, 3.63) is 57.6 Å². The Hall–Kier alpha value is -1.61. The molecule has 0 saturated carbocycles. The van der Waals surface area contributed by atoms with E-state index in [0.29, 0.717) is 0 Å². The Kier molecular flexibility index (Phi) is 9.06. The van der Waals surface area contributed by atoms with Gasteiger partial charge in [-0.05, 0) is 58.8 Å². The number of hydrogen-bond acceptors (Lipinski definition) is 3. The molecule has 0 atom stereocenters. The molecule has 0 fully saturated rings. The number of aryl methyl sites for hydroxylation is 2. The number of rotatable bonds is 2. The molecule has 0 saturated heterocycles. The quantitative estimate of drug-likeness (QED) is 0.426.